The zero-order valence-electron chi connectivity index (χ0n) is 52.1. The number of aryl methyl sites for hydroxylation is 8. The standard InChI is InChI=1S/4C14H13N3S.3Cu.6NO3/c4*1-10-8-11(2)17(16-10)14-15-13(9-18-14)12-6-4-3-5-7-12;;;;6*2-1(3)4/h4*3-9H,1-2H3;;;;;;;;;/q;;;;3*+2;6*-1. The summed E-state index contributed by atoms with van der Waals surface area (Å²) in [6.45, 7) is 16.2. The summed E-state index contributed by atoms with van der Waals surface area (Å²) in [6, 6.07) is 49.0. The summed E-state index contributed by atoms with van der Waals surface area (Å²) in [6.07, 6.45) is 0. The van der Waals surface area contributed by atoms with Gasteiger partial charge in [0, 0.05) is 66.5 Å². The van der Waals surface area contributed by atoms with Crippen LogP contribution in [-0.4, -0.2) is 89.6 Å². The van der Waals surface area contributed by atoms with Crippen LogP contribution in [0, 0.1) is 147 Å². The molecule has 12 aromatic rings. The number of rotatable bonds is 8. The van der Waals surface area contributed by atoms with Gasteiger partial charge in [-0.05, 0) is 79.7 Å². The van der Waals surface area contributed by atoms with Crippen LogP contribution in [0.1, 0.15) is 45.6 Å². The molecule has 3 radical (unpaired) electrons. The van der Waals surface area contributed by atoms with Crippen LogP contribution in [0.4, 0.5) is 0 Å². The summed E-state index contributed by atoms with van der Waals surface area (Å²) in [4.78, 5) is 68.1. The Morgan fingerprint density at radius 1 is 0.273 bits per heavy atom. The molecule has 8 heterocycles. The second kappa shape index (κ2) is 45.4. The molecule has 0 atom stereocenters. The van der Waals surface area contributed by atoms with Crippen LogP contribution < -0.4 is 0 Å². The largest absolute Gasteiger partial charge is 2.00 e. The van der Waals surface area contributed by atoms with Gasteiger partial charge in [0.2, 0.25) is 20.5 Å². The Hall–Kier alpha value is -11.0. The molecule has 99 heavy (non-hydrogen) atoms. The molecule has 0 amide bonds. The van der Waals surface area contributed by atoms with E-state index in [-0.39, 0.29) is 51.2 Å². The number of thiazole rings is 4. The summed E-state index contributed by atoms with van der Waals surface area (Å²) in [7, 11) is 0. The van der Waals surface area contributed by atoms with Gasteiger partial charge in [0.1, 0.15) is 0 Å². The van der Waals surface area contributed by atoms with Gasteiger partial charge in [0.25, 0.3) is 0 Å². The van der Waals surface area contributed by atoms with Crippen molar-refractivity contribution in [2.45, 2.75) is 55.4 Å². The normalized spacial score (nSPS) is 9.29. The topological polar surface area (TPSA) is 520 Å². The van der Waals surface area contributed by atoms with Crippen molar-refractivity contribution in [3.63, 3.8) is 0 Å². The van der Waals surface area contributed by atoms with Crippen molar-refractivity contribution in [3.8, 4) is 65.6 Å². The first-order chi connectivity index (χ1) is 45.3. The quantitative estimate of drug-likeness (QED) is 0.0774. The molecule has 531 valence electrons. The Balaban J connectivity index is 0.00000115. The predicted molar refractivity (Wildman–Crippen MR) is 359 cm³/mol. The van der Waals surface area contributed by atoms with E-state index in [1.807, 2.05) is 147 Å². The van der Waals surface area contributed by atoms with Gasteiger partial charge in [-0.15, -0.1) is 45.3 Å². The average Bonchev–Trinajstić information content (AvgIpc) is 1.70. The Morgan fingerprint density at radius 2 is 0.414 bits per heavy atom. The molecule has 0 aliphatic rings. The van der Waals surface area contributed by atoms with Gasteiger partial charge in [0.15, 0.2) is 0 Å². The minimum atomic E-state index is -1.75. The number of hydrogen-bond donors (Lipinski definition) is 0. The van der Waals surface area contributed by atoms with Crippen molar-refractivity contribution in [3.05, 3.63) is 305 Å². The van der Waals surface area contributed by atoms with Crippen molar-refractivity contribution in [1.82, 2.24) is 59.1 Å². The number of benzene rings is 4. The summed E-state index contributed by atoms with van der Waals surface area (Å²) in [5.74, 6) is 0. The summed E-state index contributed by atoms with van der Waals surface area (Å²) >= 11 is 6.46. The fraction of sp³-hybridized carbons (Fsp3) is 0.143. The molecule has 0 fully saturated rings. The second-order valence-corrected chi connectivity index (χ2v) is 21.6. The molecule has 43 heteroatoms. The van der Waals surface area contributed by atoms with Gasteiger partial charge in [-0.25, -0.2) is 38.7 Å². The Labute approximate surface area is 607 Å². The third kappa shape index (κ3) is 33.5. The molecule has 8 aromatic heterocycles. The summed E-state index contributed by atoms with van der Waals surface area (Å²) < 4.78 is 7.58. The number of hydrogen-bond acceptors (Lipinski definition) is 30. The molecular weight excluding hydrogens is 1530 g/mol. The van der Waals surface area contributed by atoms with E-state index in [9.17, 15) is 0 Å². The first-order valence-corrected chi connectivity index (χ1v) is 29.9. The zero-order chi connectivity index (χ0) is 71.6. The SMILES string of the molecule is Cc1cc(C)n(-c2nc(-c3ccccc3)cs2)n1.Cc1cc(C)n(-c2nc(-c3ccccc3)cs2)n1.Cc1cc(C)n(-c2nc(-c3ccccc3)cs2)n1.Cc1cc(C)n(-c2nc(-c3ccccc3)cs2)n1.O=[N+]([O-])[O-].O=[N+]([O-])[O-].O=[N+]([O-])[O-].O=[N+]([O-])[O-].O=[N+]([O-])[O-].O=[N+]([O-])[O-].[Cu+2].[Cu+2].[Cu+2]. The maximum absolute atomic E-state index is 8.25. The molecule has 0 bridgehead atoms. The van der Waals surface area contributed by atoms with E-state index in [0.29, 0.717) is 0 Å². The third-order valence-corrected chi connectivity index (χ3v) is 14.3. The van der Waals surface area contributed by atoms with Crippen molar-refractivity contribution in [2.24, 2.45) is 0 Å². The summed E-state index contributed by atoms with van der Waals surface area (Å²) in [5, 5.41) is 118. The van der Waals surface area contributed by atoms with Crippen LogP contribution in [0.5, 0.6) is 0 Å². The van der Waals surface area contributed by atoms with Crippen LogP contribution in [0.15, 0.2) is 167 Å². The van der Waals surface area contributed by atoms with Crippen LogP contribution >= 0.6 is 45.3 Å². The van der Waals surface area contributed by atoms with Crippen molar-refractivity contribution in [2.75, 3.05) is 0 Å². The molecule has 12 rings (SSSR count). The van der Waals surface area contributed by atoms with Crippen LogP contribution in [0.3, 0.4) is 0 Å². The molecule has 0 aliphatic heterocycles. The monoisotopic (exact) mass is 1580 g/mol. The molecule has 0 N–H and O–H groups in total. The molecule has 36 nitrogen and oxygen atoms in total. The van der Waals surface area contributed by atoms with Gasteiger partial charge >= 0.3 is 51.2 Å². The first-order valence-electron chi connectivity index (χ1n) is 26.4. The van der Waals surface area contributed by atoms with E-state index in [4.69, 9.17) is 91.9 Å². The Bertz CT molecular complexity index is 3790. The fourth-order valence-electron chi connectivity index (χ4n) is 7.70. The van der Waals surface area contributed by atoms with Crippen LogP contribution in [0.2, 0.25) is 0 Å². The fourth-order valence-corrected chi connectivity index (χ4v) is 11.1. The van der Waals surface area contributed by atoms with E-state index in [2.05, 4.69) is 135 Å². The first kappa shape index (κ1) is 88.0. The minimum absolute atomic E-state index is 0. The van der Waals surface area contributed by atoms with Crippen LogP contribution in [-0.2, 0) is 51.2 Å². The predicted octanol–water partition coefficient (Wildman–Crippen LogP) is 13.0. The zero-order valence-corrected chi connectivity index (χ0v) is 58.2. The Morgan fingerprint density at radius 3 is 0.535 bits per heavy atom. The molecule has 4 aromatic carbocycles. The van der Waals surface area contributed by atoms with E-state index >= 15 is 0 Å². The molecule has 0 unspecified atom stereocenters. The number of nitrogens with zero attached hydrogens (tertiary/aromatic N) is 18. The second-order valence-electron chi connectivity index (χ2n) is 18.2. The van der Waals surface area contributed by atoms with E-state index in [0.717, 1.165) is 111 Å². The van der Waals surface area contributed by atoms with Gasteiger partial charge in [-0.2, -0.15) is 20.4 Å². The summed E-state index contributed by atoms with van der Waals surface area (Å²) in [5.41, 5.74) is 17.1. The van der Waals surface area contributed by atoms with Crippen LogP contribution in [0.25, 0.3) is 65.6 Å². The van der Waals surface area contributed by atoms with E-state index in [1.54, 1.807) is 45.3 Å². The number of aromatic nitrogens is 12. The van der Waals surface area contributed by atoms with E-state index < -0.39 is 30.5 Å². The molecule has 0 aliphatic carbocycles. The molecule has 0 spiro atoms. The van der Waals surface area contributed by atoms with Gasteiger partial charge < -0.3 is 91.9 Å². The van der Waals surface area contributed by atoms with Gasteiger partial charge in [-0.1, -0.05) is 121 Å². The van der Waals surface area contributed by atoms with Crippen molar-refractivity contribution in [1.29, 1.82) is 0 Å². The Kier molecular flexibility index (Phi) is 40.4. The maximum atomic E-state index is 8.25. The van der Waals surface area contributed by atoms with Gasteiger partial charge in [-0.3, -0.25) is 0 Å². The minimum Gasteiger partial charge on any atom is -0.356 e. The van der Waals surface area contributed by atoms with E-state index in [1.165, 1.54) is 0 Å². The van der Waals surface area contributed by atoms with Crippen molar-refractivity contribution < 1.29 is 81.7 Å². The average molecular weight is 1580 g/mol. The van der Waals surface area contributed by atoms with Gasteiger partial charge in [0.05, 0.1) is 76.1 Å². The van der Waals surface area contributed by atoms with Crippen molar-refractivity contribution >= 4 is 45.3 Å². The third-order valence-electron chi connectivity index (χ3n) is 11.0. The molecular formula is C56H52Cu3N18O18S4. The smallest absolute Gasteiger partial charge is 0.356 e. The molecule has 0 saturated heterocycles. The molecule has 0 saturated carbocycles. The maximum Gasteiger partial charge on any atom is 2.00 e.